The molecular weight excluding hydrogens is 476 g/mol. The first-order valence-corrected chi connectivity index (χ1v) is 6.72. The van der Waals surface area contributed by atoms with Gasteiger partial charge in [0.15, 0.2) is 0 Å². The van der Waals surface area contributed by atoms with Gasteiger partial charge in [0.05, 0.1) is 0 Å². The fraction of sp³-hybridized carbons (Fsp3) is 1.00. The molecule has 0 radical (unpaired) electrons. The predicted molar refractivity (Wildman–Crippen MR) is 75.8 cm³/mol. The van der Waals surface area contributed by atoms with Crippen LogP contribution >= 0.6 is 0 Å². The highest BCUT2D eigenvalue weighted by Crippen LogP contribution is 2.47. The Labute approximate surface area is 168 Å². The molecule has 0 fully saturated rings. The minimum atomic E-state index is -5.39. The van der Waals surface area contributed by atoms with Crippen LogP contribution in [0, 0.1) is 60.7 Å². The molecule has 0 heterocycles. The molecular formula is C6H8N6O20. The lowest BCUT2D eigenvalue weighted by Gasteiger charge is -2.44. The van der Waals surface area contributed by atoms with Crippen molar-refractivity contribution < 1.29 is 70.0 Å². The molecule has 2 atom stereocenters. The highest BCUT2D eigenvalue weighted by atomic mass is 17.1. The van der Waals surface area contributed by atoms with Crippen LogP contribution in [0.4, 0.5) is 0 Å². The van der Waals surface area contributed by atoms with Crippen molar-refractivity contribution >= 4 is 0 Å². The van der Waals surface area contributed by atoms with Gasteiger partial charge in [0.2, 0.25) is 0 Å². The second-order valence-electron chi connectivity index (χ2n) is 4.97. The third kappa shape index (κ3) is 4.16. The van der Waals surface area contributed by atoms with Crippen molar-refractivity contribution in [1.29, 1.82) is 0 Å². The smallest absolute Gasteiger partial charge is 0.388 e. The average Bonchev–Trinajstić information content (AvgIpc) is 2.55. The molecule has 0 aromatic heterocycles. The Bertz CT molecular complexity index is 714. The van der Waals surface area contributed by atoms with E-state index in [1.54, 1.807) is 0 Å². The normalized spacial score (nSPS) is 15.2. The molecule has 4 N–H and O–H groups in total. The molecule has 0 saturated heterocycles. The summed E-state index contributed by atoms with van der Waals surface area (Å²) in [5.74, 6) is -10.8. The number of nitrogens with zero attached hydrogens (tertiary/aromatic N) is 6. The number of aliphatic hydroxyl groups excluding tert-OH is 2. The summed E-state index contributed by atoms with van der Waals surface area (Å²) in [4.78, 5) is 73.5. The van der Waals surface area contributed by atoms with Crippen LogP contribution in [0.5, 0.6) is 0 Å². The quantitative estimate of drug-likeness (QED) is 0.0960. The van der Waals surface area contributed by atoms with Crippen molar-refractivity contribution in [3.05, 3.63) is 60.7 Å². The van der Waals surface area contributed by atoms with Gasteiger partial charge in [-0.25, -0.2) is 19.4 Å². The van der Waals surface area contributed by atoms with E-state index in [0.717, 1.165) is 0 Å². The highest BCUT2D eigenvalue weighted by Gasteiger charge is 2.93. The monoisotopic (exact) mass is 484 g/mol. The van der Waals surface area contributed by atoms with Crippen LogP contribution in [0.3, 0.4) is 0 Å². The Hall–Kier alpha value is -4.56. The second-order valence-corrected chi connectivity index (χ2v) is 4.97. The summed E-state index contributed by atoms with van der Waals surface area (Å²) in [7, 11) is 0. The van der Waals surface area contributed by atoms with Gasteiger partial charge in [-0.3, -0.25) is 20.2 Å². The summed E-state index contributed by atoms with van der Waals surface area (Å²) in [5, 5.41) is 95.5. The van der Waals surface area contributed by atoms with Gasteiger partial charge in [0, 0.05) is 9.85 Å². The van der Waals surface area contributed by atoms with Crippen LogP contribution < -0.4 is 0 Å². The number of aliphatic hydroxyl groups is 4. The number of hydrogen-bond acceptors (Lipinski definition) is 20. The van der Waals surface area contributed by atoms with Crippen LogP contribution in [0.25, 0.3) is 0 Å². The summed E-state index contributed by atoms with van der Waals surface area (Å²) >= 11 is 0. The minimum Gasteiger partial charge on any atom is -0.388 e. The Morgan fingerprint density at radius 1 is 0.531 bits per heavy atom. The van der Waals surface area contributed by atoms with Gasteiger partial charge in [0.25, 0.3) is 20.3 Å². The molecule has 0 spiro atoms. The van der Waals surface area contributed by atoms with Gasteiger partial charge < -0.3 is 20.4 Å². The second kappa shape index (κ2) is 9.07. The van der Waals surface area contributed by atoms with Gasteiger partial charge in [0.1, 0.15) is 13.2 Å². The van der Waals surface area contributed by atoms with E-state index in [0.29, 0.717) is 0 Å². The molecule has 0 aliphatic heterocycles. The minimum absolute atomic E-state index is 2.35. The summed E-state index contributed by atoms with van der Waals surface area (Å²) in [6.07, 6.45) is 0. The van der Waals surface area contributed by atoms with Gasteiger partial charge in [-0.2, -0.15) is 0 Å². The highest BCUT2D eigenvalue weighted by molar-refractivity contribution is 5.10. The van der Waals surface area contributed by atoms with Crippen LogP contribution in [-0.2, 0) is 19.4 Å². The van der Waals surface area contributed by atoms with Crippen molar-refractivity contribution in [3.63, 3.8) is 0 Å². The van der Waals surface area contributed by atoms with Crippen LogP contribution in [0.15, 0.2) is 0 Å². The summed E-state index contributed by atoms with van der Waals surface area (Å²) < 4.78 is 0. The third-order valence-corrected chi connectivity index (χ3v) is 3.60. The number of hydrogen-bond donors (Lipinski definition) is 4. The van der Waals surface area contributed by atoms with E-state index in [-0.39, 0.29) is 0 Å². The molecule has 0 amide bonds. The van der Waals surface area contributed by atoms with Gasteiger partial charge in [-0.15, -0.1) is 40.5 Å². The molecule has 0 aliphatic carbocycles. The largest absolute Gasteiger partial charge is 0.444 e. The lowest BCUT2D eigenvalue weighted by Crippen LogP contribution is -2.86. The van der Waals surface area contributed by atoms with E-state index in [4.69, 9.17) is 0 Å². The maximum Gasteiger partial charge on any atom is 0.444 e. The average molecular weight is 484 g/mol. The molecule has 26 heteroatoms. The summed E-state index contributed by atoms with van der Waals surface area (Å²) in [5.41, 5.74) is -10.5. The molecule has 0 aromatic rings. The van der Waals surface area contributed by atoms with Crippen LogP contribution in [-0.4, -0.2) is 86.9 Å². The molecule has 0 bridgehead atoms. The van der Waals surface area contributed by atoms with Crippen molar-refractivity contribution in [1.82, 2.24) is 0 Å². The maximum absolute atomic E-state index is 11.7. The first-order chi connectivity index (χ1) is 14.4. The topological polar surface area (TPSA) is 377 Å². The lowest BCUT2D eigenvalue weighted by molar-refractivity contribution is -0.949. The first-order valence-electron chi connectivity index (χ1n) is 6.72. The van der Waals surface area contributed by atoms with Crippen LogP contribution in [0.1, 0.15) is 0 Å². The number of nitro groups is 2. The van der Waals surface area contributed by atoms with E-state index in [1.807, 2.05) is 0 Å². The van der Waals surface area contributed by atoms with E-state index >= 15 is 0 Å². The van der Waals surface area contributed by atoms with E-state index < -0.39 is 66.4 Å². The molecule has 0 saturated carbocycles. The van der Waals surface area contributed by atoms with E-state index in [9.17, 15) is 81.1 Å². The Morgan fingerprint density at radius 2 is 0.719 bits per heavy atom. The van der Waals surface area contributed by atoms with Gasteiger partial charge in [-0.1, -0.05) is 0 Å². The molecule has 32 heavy (non-hydrogen) atoms. The number of rotatable bonds is 15. The van der Waals surface area contributed by atoms with Crippen LogP contribution in [0.2, 0.25) is 0 Å². The zero-order chi connectivity index (χ0) is 25.7. The van der Waals surface area contributed by atoms with Crippen molar-refractivity contribution in [2.24, 2.45) is 0 Å². The fourth-order valence-corrected chi connectivity index (χ4v) is 2.37. The lowest BCUT2D eigenvalue weighted by atomic mass is 9.73. The molecule has 182 valence electrons. The summed E-state index contributed by atoms with van der Waals surface area (Å²) in [6.45, 7) is -5.77. The van der Waals surface area contributed by atoms with Crippen molar-refractivity contribution in [3.8, 4) is 0 Å². The van der Waals surface area contributed by atoms with Gasteiger partial charge in [-0.05, 0) is 0 Å². The Balaban J connectivity index is 7.89. The molecule has 0 aliphatic rings. The fourth-order valence-electron chi connectivity index (χ4n) is 2.37. The Morgan fingerprint density at radius 3 is 0.812 bits per heavy atom. The molecule has 0 rings (SSSR count). The van der Waals surface area contributed by atoms with E-state index in [1.165, 1.54) is 0 Å². The zero-order valence-electron chi connectivity index (χ0n) is 14.4. The van der Waals surface area contributed by atoms with E-state index in [2.05, 4.69) is 19.4 Å². The standard InChI is InChI=1S/C6H8N6O20/c13-1-3(7(17)18,5(15,29-9(21)22)30-10(23)24)4(2-14,8(19)20)6(16,31-11(25)26)32-12(27)28/h13-16H,1-2H2. The molecule has 26 nitrogen and oxygen atoms in total. The first kappa shape index (κ1) is 27.4. The SMILES string of the molecule is O=[N+]([O-])OC(O)(O[N+](=O)[O-])C(CO)([N+](=O)[O-])C(CO)([N+](=O)[O-])C(O)(O[N+](=O)[O-])O[N+](=O)[O-]. The Kier molecular flexibility index (Phi) is 7.78. The van der Waals surface area contributed by atoms with Crippen molar-refractivity contribution in [2.45, 2.75) is 23.0 Å². The predicted octanol–water partition coefficient (Wildman–Crippen LogP) is -4.87. The molecule has 0 aromatic carbocycles. The molecule has 2 unspecified atom stereocenters. The summed E-state index contributed by atoms with van der Waals surface area (Å²) in [6, 6.07) is 0. The zero-order valence-corrected chi connectivity index (χ0v) is 14.4. The van der Waals surface area contributed by atoms with Crippen molar-refractivity contribution in [2.75, 3.05) is 13.2 Å². The third-order valence-electron chi connectivity index (χ3n) is 3.60. The van der Waals surface area contributed by atoms with Gasteiger partial charge >= 0.3 is 23.0 Å². The maximum atomic E-state index is 11.7.